The summed E-state index contributed by atoms with van der Waals surface area (Å²) in [6.45, 7) is 3.67. The molecule has 0 bridgehead atoms. The number of rotatable bonds is 4. The largest absolute Gasteiger partial charge is 0.506 e. The lowest BCUT2D eigenvalue weighted by Crippen LogP contribution is -2.38. The van der Waals surface area contributed by atoms with Gasteiger partial charge in [0.15, 0.2) is 0 Å². The second-order valence-electron chi connectivity index (χ2n) is 3.85. The zero-order valence-electron chi connectivity index (χ0n) is 9.34. The molecule has 0 spiro atoms. The number of carbonyl (C=O) groups excluding carboxylic acids is 1. The van der Waals surface area contributed by atoms with E-state index in [-0.39, 0.29) is 30.2 Å². The number of nitrogens with one attached hydrogen (secondary N) is 1. The van der Waals surface area contributed by atoms with Crippen molar-refractivity contribution in [3.05, 3.63) is 24.0 Å². The van der Waals surface area contributed by atoms with Crippen molar-refractivity contribution in [1.82, 2.24) is 10.3 Å². The molecule has 3 N–H and O–H groups in total. The zero-order chi connectivity index (χ0) is 12.1. The summed E-state index contributed by atoms with van der Waals surface area (Å²) in [6, 6.07) is 1.21. The topological polar surface area (TPSA) is 82.5 Å². The van der Waals surface area contributed by atoms with E-state index < -0.39 is 0 Å². The van der Waals surface area contributed by atoms with E-state index >= 15 is 0 Å². The molecule has 0 fully saturated rings. The molecule has 88 valence electrons. The van der Waals surface area contributed by atoms with E-state index in [9.17, 15) is 4.79 Å². The maximum absolute atomic E-state index is 11.7. The van der Waals surface area contributed by atoms with Crippen LogP contribution in [0.4, 0.5) is 0 Å². The summed E-state index contributed by atoms with van der Waals surface area (Å²) in [5, 5.41) is 20.8. The maximum atomic E-state index is 11.7. The fourth-order valence-electron chi connectivity index (χ4n) is 1.14. The molecule has 1 aromatic heterocycles. The van der Waals surface area contributed by atoms with Gasteiger partial charge >= 0.3 is 0 Å². The Balaban J connectivity index is 2.66. The van der Waals surface area contributed by atoms with Crippen molar-refractivity contribution in [2.45, 2.75) is 19.9 Å². The van der Waals surface area contributed by atoms with Gasteiger partial charge in [0, 0.05) is 18.8 Å². The molecule has 5 heteroatoms. The van der Waals surface area contributed by atoms with Gasteiger partial charge in [-0.05, 0) is 18.9 Å². The zero-order valence-corrected chi connectivity index (χ0v) is 9.34. The second kappa shape index (κ2) is 5.46. The Morgan fingerprint density at radius 2 is 2.19 bits per heavy atom. The van der Waals surface area contributed by atoms with Gasteiger partial charge in [-0.3, -0.25) is 9.78 Å². The number of hydrogen-bond acceptors (Lipinski definition) is 4. The van der Waals surface area contributed by atoms with Gasteiger partial charge in [0.2, 0.25) is 0 Å². The molecule has 0 radical (unpaired) electrons. The third-order valence-electron chi connectivity index (χ3n) is 2.49. The normalized spacial score (nSPS) is 14.2. The standard InChI is InChI=1S/C11H16N2O3/c1-7(6-14)8(2)13-11(16)9-3-10(15)5-12-4-9/h3-5,7-8,14-15H,6H2,1-2H3,(H,13,16). The van der Waals surface area contributed by atoms with Crippen molar-refractivity contribution in [3.8, 4) is 5.75 Å². The Hall–Kier alpha value is -1.62. The van der Waals surface area contributed by atoms with Gasteiger partial charge in [-0.1, -0.05) is 6.92 Å². The van der Waals surface area contributed by atoms with E-state index in [0.717, 1.165) is 0 Å². The molecule has 0 aliphatic rings. The molecular formula is C11H16N2O3. The van der Waals surface area contributed by atoms with Gasteiger partial charge in [0.1, 0.15) is 5.75 Å². The maximum Gasteiger partial charge on any atom is 0.253 e. The van der Waals surface area contributed by atoms with E-state index in [1.54, 1.807) is 0 Å². The molecule has 2 atom stereocenters. The van der Waals surface area contributed by atoms with Crippen molar-refractivity contribution < 1.29 is 15.0 Å². The number of carbonyl (C=O) groups is 1. The van der Waals surface area contributed by atoms with Gasteiger partial charge < -0.3 is 15.5 Å². The smallest absolute Gasteiger partial charge is 0.253 e. The Morgan fingerprint density at radius 3 is 2.75 bits per heavy atom. The average molecular weight is 224 g/mol. The van der Waals surface area contributed by atoms with Crippen molar-refractivity contribution in [2.24, 2.45) is 5.92 Å². The van der Waals surface area contributed by atoms with E-state index in [2.05, 4.69) is 10.3 Å². The first-order valence-corrected chi connectivity index (χ1v) is 5.10. The van der Waals surface area contributed by atoms with Gasteiger partial charge in [-0.15, -0.1) is 0 Å². The highest BCUT2D eigenvalue weighted by molar-refractivity contribution is 5.94. The van der Waals surface area contributed by atoms with Crippen LogP contribution < -0.4 is 5.32 Å². The second-order valence-corrected chi connectivity index (χ2v) is 3.85. The number of pyridine rings is 1. The van der Waals surface area contributed by atoms with Crippen LogP contribution in [-0.2, 0) is 0 Å². The van der Waals surface area contributed by atoms with Crippen LogP contribution in [0, 0.1) is 5.92 Å². The molecule has 1 aromatic rings. The van der Waals surface area contributed by atoms with E-state index in [0.29, 0.717) is 5.56 Å². The Kier molecular flexibility index (Phi) is 4.25. The summed E-state index contributed by atoms with van der Waals surface area (Å²) in [5.74, 6) is -0.374. The van der Waals surface area contributed by atoms with E-state index in [1.807, 2.05) is 13.8 Å². The van der Waals surface area contributed by atoms with Crippen molar-refractivity contribution >= 4 is 5.91 Å². The molecule has 1 amide bonds. The van der Waals surface area contributed by atoms with Crippen LogP contribution in [0.3, 0.4) is 0 Å². The fourth-order valence-corrected chi connectivity index (χ4v) is 1.14. The predicted octanol–water partition coefficient (Wildman–Crippen LogP) is 0.534. The molecular weight excluding hydrogens is 208 g/mol. The molecule has 1 heterocycles. The van der Waals surface area contributed by atoms with Crippen molar-refractivity contribution in [3.63, 3.8) is 0 Å². The molecule has 0 saturated carbocycles. The number of aliphatic hydroxyl groups excluding tert-OH is 1. The number of amides is 1. The van der Waals surface area contributed by atoms with Crippen LogP contribution in [-0.4, -0.2) is 33.8 Å². The van der Waals surface area contributed by atoms with Crippen LogP contribution in [0.1, 0.15) is 24.2 Å². The molecule has 0 aliphatic carbocycles. The lowest BCUT2D eigenvalue weighted by molar-refractivity contribution is 0.0915. The summed E-state index contributed by atoms with van der Waals surface area (Å²) in [5.41, 5.74) is 0.303. The third kappa shape index (κ3) is 3.20. The van der Waals surface area contributed by atoms with Crippen molar-refractivity contribution in [2.75, 3.05) is 6.61 Å². The molecule has 16 heavy (non-hydrogen) atoms. The lowest BCUT2D eigenvalue weighted by atomic mass is 10.0. The highest BCUT2D eigenvalue weighted by Gasteiger charge is 2.15. The summed E-state index contributed by atoms with van der Waals surface area (Å²) in [7, 11) is 0. The number of aliphatic hydroxyl groups is 1. The average Bonchev–Trinajstić information content (AvgIpc) is 2.27. The lowest BCUT2D eigenvalue weighted by Gasteiger charge is -2.19. The van der Waals surface area contributed by atoms with Crippen LogP contribution in [0.5, 0.6) is 5.75 Å². The van der Waals surface area contributed by atoms with E-state index in [1.165, 1.54) is 18.5 Å². The molecule has 0 aliphatic heterocycles. The Labute approximate surface area is 94.1 Å². The number of aromatic hydroxyl groups is 1. The number of hydrogen-bond donors (Lipinski definition) is 3. The minimum atomic E-state index is -0.309. The first kappa shape index (κ1) is 12.4. The summed E-state index contributed by atoms with van der Waals surface area (Å²) in [6.07, 6.45) is 2.64. The van der Waals surface area contributed by atoms with Crippen LogP contribution >= 0.6 is 0 Å². The molecule has 1 rings (SSSR count). The Morgan fingerprint density at radius 1 is 1.50 bits per heavy atom. The predicted molar refractivity (Wildman–Crippen MR) is 59.1 cm³/mol. The fraction of sp³-hybridized carbons (Fsp3) is 0.455. The van der Waals surface area contributed by atoms with Crippen LogP contribution in [0.15, 0.2) is 18.5 Å². The number of nitrogens with zero attached hydrogens (tertiary/aromatic N) is 1. The van der Waals surface area contributed by atoms with Crippen LogP contribution in [0.25, 0.3) is 0 Å². The van der Waals surface area contributed by atoms with Gasteiger partial charge in [-0.25, -0.2) is 0 Å². The minimum Gasteiger partial charge on any atom is -0.506 e. The molecule has 0 saturated heterocycles. The van der Waals surface area contributed by atoms with Crippen molar-refractivity contribution in [1.29, 1.82) is 0 Å². The third-order valence-corrected chi connectivity index (χ3v) is 2.49. The quantitative estimate of drug-likeness (QED) is 0.697. The molecule has 2 unspecified atom stereocenters. The van der Waals surface area contributed by atoms with Crippen LogP contribution in [0.2, 0.25) is 0 Å². The highest BCUT2D eigenvalue weighted by atomic mass is 16.3. The molecule has 5 nitrogen and oxygen atoms in total. The van der Waals surface area contributed by atoms with Gasteiger partial charge in [0.25, 0.3) is 5.91 Å². The van der Waals surface area contributed by atoms with E-state index in [4.69, 9.17) is 10.2 Å². The Bertz CT molecular complexity index is 368. The van der Waals surface area contributed by atoms with Gasteiger partial charge in [-0.2, -0.15) is 0 Å². The summed E-state index contributed by atoms with van der Waals surface area (Å²) >= 11 is 0. The SMILES string of the molecule is CC(CO)C(C)NC(=O)c1cncc(O)c1. The first-order valence-electron chi connectivity index (χ1n) is 5.10. The van der Waals surface area contributed by atoms with Gasteiger partial charge in [0.05, 0.1) is 11.8 Å². The molecule has 0 aromatic carbocycles. The monoisotopic (exact) mass is 224 g/mol. The first-order chi connectivity index (χ1) is 7.54. The summed E-state index contributed by atoms with van der Waals surface area (Å²) < 4.78 is 0. The summed E-state index contributed by atoms with van der Waals surface area (Å²) in [4.78, 5) is 15.4. The highest BCUT2D eigenvalue weighted by Crippen LogP contribution is 2.09. The number of aromatic nitrogens is 1. The minimum absolute atomic E-state index is 0.0136.